The van der Waals surface area contributed by atoms with Gasteiger partial charge in [0.25, 0.3) is 0 Å². The summed E-state index contributed by atoms with van der Waals surface area (Å²) in [7, 11) is 0. The fraction of sp³-hybridized carbons (Fsp3) is 0.700. The van der Waals surface area contributed by atoms with Gasteiger partial charge >= 0.3 is 5.97 Å². The largest absolute Gasteiger partial charge is 0.481 e. The van der Waals surface area contributed by atoms with Gasteiger partial charge in [0.15, 0.2) is 0 Å². The van der Waals surface area contributed by atoms with Gasteiger partial charge in [-0.25, -0.2) is 0 Å². The van der Waals surface area contributed by atoms with Gasteiger partial charge in [-0.05, 0) is 6.92 Å². The van der Waals surface area contributed by atoms with E-state index >= 15 is 0 Å². The van der Waals surface area contributed by atoms with E-state index in [1.54, 1.807) is 0 Å². The van der Waals surface area contributed by atoms with Crippen molar-refractivity contribution in [2.45, 2.75) is 33.1 Å². The summed E-state index contributed by atoms with van der Waals surface area (Å²) in [5.74, 6) is -0.420. The van der Waals surface area contributed by atoms with Crippen LogP contribution in [0.3, 0.4) is 0 Å². The molecule has 1 aromatic rings. The number of anilines is 1. The Hall–Kier alpha value is -1.17. The Labute approximate surface area is 99.1 Å². The topological polar surface area (TPSA) is 66.3 Å². The number of nitrogens with zero attached hydrogens (tertiary/aromatic N) is 3. The van der Waals surface area contributed by atoms with Crippen molar-refractivity contribution in [1.29, 1.82) is 0 Å². The first-order valence-corrected chi connectivity index (χ1v) is 6.16. The maximum absolute atomic E-state index is 10.5. The van der Waals surface area contributed by atoms with Crippen molar-refractivity contribution in [1.82, 2.24) is 10.2 Å². The third-order valence-corrected chi connectivity index (χ3v) is 3.46. The van der Waals surface area contributed by atoms with Crippen molar-refractivity contribution in [3.63, 3.8) is 0 Å². The molecular weight excluding hydrogens is 226 g/mol. The highest BCUT2D eigenvalue weighted by molar-refractivity contribution is 7.15. The number of aromatic nitrogens is 2. The first kappa shape index (κ1) is 12.9. The Morgan fingerprint density at radius 2 is 2.19 bits per heavy atom. The standard InChI is InChI=1S/C10H17N3O2S/c1-4-13(6-5-8(14)15)10-12-11-9(16-10)7(2)3/h7H,4-6H2,1-3H3,(H,14,15). The van der Waals surface area contributed by atoms with Gasteiger partial charge in [0.2, 0.25) is 5.13 Å². The monoisotopic (exact) mass is 243 g/mol. The van der Waals surface area contributed by atoms with E-state index in [2.05, 4.69) is 24.0 Å². The summed E-state index contributed by atoms with van der Waals surface area (Å²) in [5, 5.41) is 18.6. The predicted octanol–water partition coefficient (Wildman–Crippen LogP) is 1.96. The zero-order valence-corrected chi connectivity index (χ0v) is 10.6. The molecule has 0 radical (unpaired) electrons. The lowest BCUT2D eigenvalue weighted by atomic mass is 10.2. The maximum atomic E-state index is 10.5. The molecule has 0 saturated carbocycles. The van der Waals surface area contributed by atoms with Crippen LogP contribution < -0.4 is 4.90 Å². The second kappa shape index (κ2) is 5.79. The molecule has 1 aromatic heterocycles. The number of carboxylic acids is 1. The van der Waals surface area contributed by atoms with Crippen molar-refractivity contribution in [2.75, 3.05) is 18.0 Å². The van der Waals surface area contributed by atoms with Crippen LogP contribution in [0.15, 0.2) is 0 Å². The molecular formula is C10H17N3O2S. The minimum absolute atomic E-state index is 0.129. The summed E-state index contributed by atoms with van der Waals surface area (Å²) in [6.45, 7) is 7.35. The van der Waals surface area contributed by atoms with Gasteiger partial charge in [-0.2, -0.15) is 0 Å². The van der Waals surface area contributed by atoms with Crippen molar-refractivity contribution in [3.05, 3.63) is 5.01 Å². The van der Waals surface area contributed by atoms with E-state index in [9.17, 15) is 4.79 Å². The van der Waals surface area contributed by atoms with Gasteiger partial charge < -0.3 is 10.0 Å². The van der Waals surface area contributed by atoms with Crippen LogP contribution in [0.2, 0.25) is 0 Å². The van der Waals surface area contributed by atoms with Crippen LogP contribution in [-0.4, -0.2) is 34.4 Å². The van der Waals surface area contributed by atoms with Gasteiger partial charge in [-0.1, -0.05) is 25.2 Å². The van der Waals surface area contributed by atoms with Crippen molar-refractivity contribution in [2.24, 2.45) is 0 Å². The summed E-state index contributed by atoms with van der Waals surface area (Å²) in [4.78, 5) is 12.4. The molecule has 5 nitrogen and oxygen atoms in total. The first-order valence-electron chi connectivity index (χ1n) is 5.34. The summed E-state index contributed by atoms with van der Waals surface area (Å²) >= 11 is 1.54. The third-order valence-electron chi connectivity index (χ3n) is 2.17. The number of carbonyl (C=O) groups is 1. The second-order valence-electron chi connectivity index (χ2n) is 3.80. The minimum Gasteiger partial charge on any atom is -0.481 e. The van der Waals surface area contributed by atoms with E-state index in [1.165, 1.54) is 11.3 Å². The molecule has 90 valence electrons. The maximum Gasteiger partial charge on any atom is 0.305 e. The third kappa shape index (κ3) is 3.44. The molecule has 0 bridgehead atoms. The highest BCUT2D eigenvalue weighted by Crippen LogP contribution is 2.25. The molecule has 1 N–H and O–H groups in total. The second-order valence-corrected chi connectivity index (χ2v) is 4.79. The van der Waals surface area contributed by atoms with E-state index in [-0.39, 0.29) is 6.42 Å². The smallest absolute Gasteiger partial charge is 0.305 e. The van der Waals surface area contributed by atoms with Gasteiger partial charge in [0.1, 0.15) is 5.01 Å². The molecule has 0 aliphatic carbocycles. The van der Waals surface area contributed by atoms with Crippen LogP contribution >= 0.6 is 11.3 Å². The molecule has 16 heavy (non-hydrogen) atoms. The van der Waals surface area contributed by atoms with E-state index in [1.807, 2.05) is 11.8 Å². The van der Waals surface area contributed by atoms with Crippen LogP contribution in [0.5, 0.6) is 0 Å². The molecule has 0 atom stereocenters. The van der Waals surface area contributed by atoms with Gasteiger partial charge in [0, 0.05) is 19.0 Å². The van der Waals surface area contributed by atoms with E-state index in [0.717, 1.165) is 16.7 Å². The predicted molar refractivity (Wildman–Crippen MR) is 64.1 cm³/mol. The molecule has 0 aliphatic heterocycles. The molecule has 0 aliphatic rings. The van der Waals surface area contributed by atoms with Crippen LogP contribution in [0, 0.1) is 0 Å². The Kier molecular flexibility index (Phi) is 4.67. The molecule has 0 aromatic carbocycles. The molecule has 0 amide bonds. The highest BCUT2D eigenvalue weighted by Gasteiger charge is 2.13. The molecule has 0 saturated heterocycles. The lowest BCUT2D eigenvalue weighted by Gasteiger charge is -2.17. The quantitative estimate of drug-likeness (QED) is 0.827. The fourth-order valence-corrected chi connectivity index (χ4v) is 2.14. The molecule has 0 fully saturated rings. The van der Waals surface area contributed by atoms with Crippen molar-refractivity contribution < 1.29 is 9.90 Å². The van der Waals surface area contributed by atoms with Crippen molar-refractivity contribution in [3.8, 4) is 0 Å². The van der Waals surface area contributed by atoms with Crippen LogP contribution in [0.1, 0.15) is 38.1 Å². The molecule has 0 unspecified atom stereocenters. The Balaban J connectivity index is 2.67. The first-order chi connectivity index (χ1) is 7.54. The van der Waals surface area contributed by atoms with Gasteiger partial charge in [0.05, 0.1) is 6.42 Å². The number of hydrogen-bond donors (Lipinski definition) is 1. The fourth-order valence-electron chi connectivity index (χ4n) is 1.21. The average Bonchev–Trinajstić information content (AvgIpc) is 2.67. The zero-order chi connectivity index (χ0) is 12.1. The molecule has 1 heterocycles. The zero-order valence-electron chi connectivity index (χ0n) is 9.80. The Morgan fingerprint density at radius 1 is 1.50 bits per heavy atom. The summed E-state index contributed by atoms with van der Waals surface area (Å²) < 4.78 is 0. The SMILES string of the molecule is CCN(CCC(=O)O)c1nnc(C(C)C)s1. The molecule has 0 spiro atoms. The van der Waals surface area contributed by atoms with E-state index < -0.39 is 5.97 Å². The lowest BCUT2D eigenvalue weighted by molar-refractivity contribution is -0.136. The highest BCUT2D eigenvalue weighted by atomic mass is 32.1. The van der Waals surface area contributed by atoms with E-state index in [0.29, 0.717) is 12.5 Å². The van der Waals surface area contributed by atoms with Crippen LogP contribution in [-0.2, 0) is 4.79 Å². The summed E-state index contributed by atoms with van der Waals surface area (Å²) in [6.07, 6.45) is 0.129. The molecule has 6 heteroatoms. The van der Waals surface area contributed by atoms with Gasteiger partial charge in [-0.3, -0.25) is 4.79 Å². The number of carboxylic acid groups (broad SMARTS) is 1. The number of aliphatic carboxylic acids is 1. The average molecular weight is 243 g/mol. The summed E-state index contributed by atoms with van der Waals surface area (Å²) in [5.41, 5.74) is 0. The van der Waals surface area contributed by atoms with Crippen LogP contribution in [0.25, 0.3) is 0 Å². The normalized spacial score (nSPS) is 10.8. The van der Waals surface area contributed by atoms with Gasteiger partial charge in [-0.15, -0.1) is 10.2 Å². The molecule has 1 rings (SSSR count). The Morgan fingerprint density at radius 3 is 2.62 bits per heavy atom. The summed E-state index contributed by atoms with van der Waals surface area (Å²) in [6, 6.07) is 0. The van der Waals surface area contributed by atoms with Crippen molar-refractivity contribution >= 4 is 22.4 Å². The minimum atomic E-state index is -0.785. The number of rotatable bonds is 6. The van der Waals surface area contributed by atoms with E-state index in [4.69, 9.17) is 5.11 Å². The van der Waals surface area contributed by atoms with Crippen LogP contribution in [0.4, 0.5) is 5.13 Å². The lowest BCUT2D eigenvalue weighted by Crippen LogP contribution is -2.25. The number of hydrogen-bond acceptors (Lipinski definition) is 5. The Bertz CT molecular complexity index is 352.